The molecule has 0 saturated carbocycles. The fourth-order valence-corrected chi connectivity index (χ4v) is 3.58. The third-order valence-electron chi connectivity index (χ3n) is 4.93. The first kappa shape index (κ1) is 21.3. The highest BCUT2D eigenvalue weighted by molar-refractivity contribution is 6.30. The molecule has 1 heterocycles. The van der Waals surface area contributed by atoms with E-state index in [0.717, 1.165) is 25.0 Å². The Bertz CT molecular complexity index is 809. The van der Waals surface area contributed by atoms with E-state index < -0.39 is 0 Å². The SMILES string of the molecule is COc1cc(C(=O)N(Cc2ccc(Cl)cc2)C[C@@H]2CCCO2)cc(OC)c1OC. The van der Waals surface area contributed by atoms with E-state index in [2.05, 4.69) is 0 Å². The zero-order valence-electron chi connectivity index (χ0n) is 16.9. The molecule has 3 rings (SSSR count). The molecule has 0 unspecified atom stereocenters. The lowest BCUT2D eigenvalue weighted by Gasteiger charge is -2.26. The van der Waals surface area contributed by atoms with Crippen LogP contribution in [0, 0.1) is 0 Å². The highest BCUT2D eigenvalue weighted by atomic mass is 35.5. The molecule has 1 saturated heterocycles. The van der Waals surface area contributed by atoms with E-state index in [1.165, 1.54) is 21.3 Å². The van der Waals surface area contributed by atoms with E-state index in [9.17, 15) is 4.79 Å². The third kappa shape index (κ3) is 5.14. The van der Waals surface area contributed by atoms with Crippen molar-refractivity contribution < 1.29 is 23.7 Å². The Balaban J connectivity index is 1.91. The fraction of sp³-hybridized carbons (Fsp3) is 0.409. The molecule has 0 radical (unpaired) electrons. The average Bonchev–Trinajstić information content (AvgIpc) is 3.26. The largest absolute Gasteiger partial charge is 0.493 e. The predicted molar refractivity (Wildman–Crippen MR) is 111 cm³/mol. The summed E-state index contributed by atoms with van der Waals surface area (Å²) in [4.78, 5) is 15.2. The number of benzene rings is 2. The lowest BCUT2D eigenvalue weighted by atomic mass is 10.1. The molecule has 29 heavy (non-hydrogen) atoms. The Kier molecular flexibility index (Phi) is 7.23. The molecular weight excluding hydrogens is 394 g/mol. The van der Waals surface area contributed by atoms with Crippen molar-refractivity contribution in [3.8, 4) is 17.2 Å². The molecule has 2 aromatic rings. The number of hydrogen-bond acceptors (Lipinski definition) is 5. The third-order valence-corrected chi connectivity index (χ3v) is 5.19. The number of carbonyl (C=O) groups is 1. The van der Waals surface area contributed by atoms with Gasteiger partial charge in [0.2, 0.25) is 5.75 Å². The Hall–Kier alpha value is -2.44. The molecule has 1 atom stereocenters. The van der Waals surface area contributed by atoms with Crippen LogP contribution < -0.4 is 14.2 Å². The highest BCUT2D eigenvalue weighted by Crippen LogP contribution is 2.38. The minimum atomic E-state index is -0.130. The van der Waals surface area contributed by atoms with E-state index >= 15 is 0 Å². The lowest BCUT2D eigenvalue weighted by Crippen LogP contribution is -2.37. The summed E-state index contributed by atoms with van der Waals surface area (Å²) in [7, 11) is 4.60. The van der Waals surface area contributed by atoms with Gasteiger partial charge in [0.25, 0.3) is 5.91 Å². The van der Waals surface area contributed by atoms with E-state index in [1.807, 2.05) is 24.3 Å². The van der Waals surface area contributed by atoms with Gasteiger partial charge in [-0.2, -0.15) is 0 Å². The molecule has 0 aromatic heterocycles. The number of nitrogens with zero attached hydrogens (tertiary/aromatic N) is 1. The molecule has 0 N–H and O–H groups in total. The second-order valence-electron chi connectivity index (χ2n) is 6.86. The van der Waals surface area contributed by atoms with Crippen molar-refractivity contribution in [2.45, 2.75) is 25.5 Å². The first-order valence-corrected chi connectivity index (χ1v) is 9.88. The summed E-state index contributed by atoms with van der Waals surface area (Å²) < 4.78 is 21.9. The van der Waals surface area contributed by atoms with Gasteiger partial charge in [-0.25, -0.2) is 0 Å². The molecule has 2 aromatic carbocycles. The van der Waals surface area contributed by atoms with Gasteiger partial charge < -0.3 is 23.8 Å². The molecule has 1 fully saturated rings. The van der Waals surface area contributed by atoms with Gasteiger partial charge in [0.15, 0.2) is 11.5 Å². The summed E-state index contributed by atoms with van der Waals surface area (Å²) in [5.74, 6) is 1.21. The number of carbonyl (C=O) groups excluding carboxylic acids is 1. The van der Waals surface area contributed by atoms with Crippen molar-refractivity contribution in [1.82, 2.24) is 4.90 Å². The number of hydrogen-bond donors (Lipinski definition) is 0. The van der Waals surface area contributed by atoms with Crippen LogP contribution in [0.15, 0.2) is 36.4 Å². The van der Waals surface area contributed by atoms with Crippen molar-refractivity contribution in [3.05, 3.63) is 52.5 Å². The maximum atomic E-state index is 13.4. The Morgan fingerprint density at radius 2 is 1.76 bits per heavy atom. The van der Waals surface area contributed by atoms with Gasteiger partial charge in [-0.05, 0) is 42.7 Å². The van der Waals surface area contributed by atoms with Crippen molar-refractivity contribution in [2.75, 3.05) is 34.5 Å². The number of ether oxygens (including phenoxy) is 4. The molecule has 0 spiro atoms. The summed E-state index contributed by atoms with van der Waals surface area (Å²) in [6.45, 7) is 1.70. The van der Waals surface area contributed by atoms with Crippen LogP contribution in [-0.2, 0) is 11.3 Å². The molecule has 1 amide bonds. The highest BCUT2D eigenvalue weighted by Gasteiger charge is 2.26. The van der Waals surface area contributed by atoms with Crippen molar-refractivity contribution in [3.63, 3.8) is 0 Å². The first-order valence-electron chi connectivity index (χ1n) is 9.51. The Labute approximate surface area is 176 Å². The molecule has 6 nitrogen and oxygen atoms in total. The van der Waals surface area contributed by atoms with Crippen LogP contribution in [0.2, 0.25) is 5.02 Å². The second kappa shape index (κ2) is 9.85. The van der Waals surface area contributed by atoms with Crippen LogP contribution in [0.3, 0.4) is 0 Å². The van der Waals surface area contributed by atoms with Crippen LogP contribution in [-0.4, -0.2) is 51.4 Å². The van der Waals surface area contributed by atoms with Gasteiger partial charge in [0, 0.05) is 30.3 Å². The topological polar surface area (TPSA) is 57.2 Å². The molecule has 7 heteroatoms. The van der Waals surface area contributed by atoms with E-state index in [0.29, 0.717) is 40.9 Å². The second-order valence-corrected chi connectivity index (χ2v) is 7.30. The van der Waals surface area contributed by atoms with E-state index in [4.69, 9.17) is 30.5 Å². The summed E-state index contributed by atoms with van der Waals surface area (Å²) in [6.07, 6.45) is 1.99. The minimum Gasteiger partial charge on any atom is -0.493 e. The van der Waals surface area contributed by atoms with E-state index in [-0.39, 0.29) is 12.0 Å². The summed E-state index contributed by atoms with van der Waals surface area (Å²) >= 11 is 6.00. The molecule has 156 valence electrons. The summed E-state index contributed by atoms with van der Waals surface area (Å²) in [5.41, 5.74) is 1.46. The molecule has 0 aliphatic carbocycles. The average molecular weight is 420 g/mol. The van der Waals surface area contributed by atoms with Crippen LogP contribution in [0.4, 0.5) is 0 Å². The van der Waals surface area contributed by atoms with Gasteiger partial charge in [0.1, 0.15) is 0 Å². The number of halogens is 1. The van der Waals surface area contributed by atoms with Crippen molar-refractivity contribution in [2.24, 2.45) is 0 Å². The number of rotatable bonds is 8. The molecular formula is C22H26ClNO5. The van der Waals surface area contributed by atoms with Crippen molar-refractivity contribution in [1.29, 1.82) is 0 Å². The first-order chi connectivity index (χ1) is 14.0. The standard InChI is InChI=1S/C22H26ClNO5/c1-26-19-11-16(12-20(27-2)21(19)28-3)22(25)24(14-18-5-4-10-29-18)13-15-6-8-17(23)9-7-15/h6-9,11-12,18H,4-5,10,13-14H2,1-3H3/t18-/m0/s1. The zero-order valence-corrected chi connectivity index (χ0v) is 17.7. The normalized spacial score (nSPS) is 15.8. The van der Waals surface area contributed by atoms with Gasteiger partial charge in [-0.1, -0.05) is 23.7 Å². The van der Waals surface area contributed by atoms with Crippen LogP contribution in [0.25, 0.3) is 0 Å². The van der Waals surface area contributed by atoms with Crippen LogP contribution in [0.1, 0.15) is 28.8 Å². The Morgan fingerprint density at radius 3 is 2.28 bits per heavy atom. The molecule has 1 aliphatic heterocycles. The summed E-state index contributed by atoms with van der Waals surface area (Å²) in [6, 6.07) is 10.8. The Morgan fingerprint density at radius 1 is 1.10 bits per heavy atom. The van der Waals surface area contributed by atoms with E-state index in [1.54, 1.807) is 17.0 Å². The molecule has 0 bridgehead atoms. The molecule has 1 aliphatic rings. The van der Waals surface area contributed by atoms with Gasteiger partial charge in [-0.3, -0.25) is 4.79 Å². The quantitative estimate of drug-likeness (QED) is 0.642. The number of amides is 1. The monoisotopic (exact) mass is 419 g/mol. The van der Waals surface area contributed by atoms with Gasteiger partial charge in [0.05, 0.1) is 27.4 Å². The maximum absolute atomic E-state index is 13.4. The van der Waals surface area contributed by atoms with Gasteiger partial charge in [-0.15, -0.1) is 0 Å². The van der Waals surface area contributed by atoms with Crippen LogP contribution >= 0.6 is 11.6 Å². The van der Waals surface area contributed by atoms with Crippen molar-refractivity contribution >= 4 is 17.5 Å². The fourth-order valence-electron chi connectivity index (χ4n) is 3.45. The zero-order chi connectivity index (χ0) is 20.8. The van der Waals surface area contributed by atoms with Gasteiger partial charge >= 0.3 is 0 Å². The number of methoxy groups -OCH3 is 3. The lowest BCUT2D eigenvalue weighted by molar-refractivity contribution is 0.0506. The maximum Gasteiger partial charge on any atom is 0.254 e. The summed E-state index contributed by atoms with van der Waals surface area (Å²) in [5, 5.41) is 0.662. The van der Waals surface area contributed by atoms with Crippen LogP contribution in [0.5, 0.6) is 17.2 Å². The minimum absolute atomic E-state index is 0.0355. The predicted octanol–water partition coefficient (Wildman–Crippen LogP) is 4.19. The smallest absolute Gasteiger partial charge is 0.254 e.